The first-order valence-electron chi connectivity index (χ1n) is 6.81. The molecule has 1 amide bonds. The highest BCUT2D eigenvalue weighted by atomic mass is 16.4. The minimum absolute atomic E-state index is 0.000707. The second-order valence-electron chi connectivity index (χ2n) is 5.51. The number of carbonyl (C=O) groups is 2. The lowest BCUT2D eigenvalue weighted by Gasteiger charge is -2.17. The first-order valence-corrected chi connectivity index (χ1v) is 6.81. The van der Waals surface area contributed by atoms with Crippen molar-refractivity contribution in [3.8, 4) is 11.5 Å². The van der Waals surface area contributed by atoms with E-state index in [2.05, 4.69) is 5.32 Å². The molecule has 21 heavy (non-hydrogen) atoms. The fourth-order valence-corrected chi connectivity index (χ4v) is 2.16. The van der Waals surface area contributed by atoms with Crippen molar-refractivity contribution >= 4 is 11.9 Å². The summed E-state index contributed by atoms with van der Waals surface area (Å²) in [5, 5.41) is 30.1. The van der Waals surface area contributed by atoms with E-state index in [1.54, 1.807) is 0 Å². The zero-order chi connectivity index (χ0) is 16.0. The van der Waals surface area contributed by atoms with Gasteiger partial charge in [0.1, 0.15) is 0 Å². The fourth-order valence-electron chi connectivity index (χ4n) is 2.16. The molecule has 6 nitrogen and oxygen atoms in total. The highest BCUT2D eigenvalue weighted by Gasteiger charge is 2.17. The van der Waals surface area contributed by atoms with Gasteiger partial charge in [-0.1, -0.05) is 13.8 Å². The molecular formula is C15H21NO5. The Morgan fingerprint density at radius 2 is 1.86 bits per heavy atom. The van der Waals surface area contributed by atoms with E-state index in [1.165, 1.54) is 18.2 Å². The van der Waals surface area contributed by atoms with Crippen LogP contribution in [0.1, 0.15) is 37.0 Å². The monoisotopic (exact) mass is 295 g/mol. The van der Waals surface area contributed by atoms with Gasteiger partial charge in [-0.3, -0.25) is 9.59 Å². The Hall–Kier alpha value is -2.24. The van der Waals surface area contributed by atoms with E-state index in [9.17, 15) is 19.8 Å². The molecule has 0 aliphatic carbocycles. The Kier molecular flexibility index (Phi) is 6.02. The summed E-state index contributed by atoms with van der Waals surface area (Å²) in [6.07, 6.45) is 0.701. The second-order valence-corrected chi connectivity index (χ2v) is 5.51. The molecule has 0 aliphatic rings. The third-order valence-electron chi connectivity index (χ3n) is 3.06. The molecule has 0 saturated heterocycles. The van der Waals surface area contributed by atoms with Gasteiger partial charge in [-0.25, -0.2) is 0 Å². The number of hydrogen-bond donors (Lipinski definition) is 4. The van der Waals surface area contributed by atoms with Crippen molar-refractivity contribution in [2.45, 2.75) is 26.7 Å². The summed E-state index contributed by atoms with van der Waals surface area (Å²) in [5.41, 5.74) is 0.212. The Labute approximate surface area is 123 Å². The van der Waals surface area contributed by atoms with E-state index >= 15 is 0 Å². The molecule has 0 bridgehead atoms. The molecule has 0 radical (unpaired) electrons. The van der Waals surface area contributed by atoms with Gasteiger partial charge >= 0.3 is 5.97 Å². The summed E-state index contributed by atoms with van der Waals surface area (Å²) in [6, 6.07) is 3.78. The normalized spacial score (nSPS) is 12.1. The molecule has 0 aliphatic heterocycles. The zero-order valence-corrected chi connectivity index (χ0v) is 12.2. The van der Waals surface area contributed by atoms with Gasteiger partial charge in [0.15, 0.2) is 11.5 Å². The summed E-state index contributed by atoms with van der Waals surface area (Å²) in [5.74, 6) is -1.77. The lowest BCUT2D eigenvalue weighted by Crippen LogP contribution is -2.31. The number of aliphatic carboxylic acids is 1. The molecule has 6 heteroatoms. The number of aromatic hydroxyl groups is 2. The topological polar surface area (TPSA) is 107 Å². The van der Waals surface area contributed by atoms with Gasteiger partial charge in [0, 0.05) is 18.5 Å². The summed E-state index contributed by atoms with van der Waals surface area (Å²) >= 11 is 0. The molecule has 0 heterocycles. The number of phenolic OH excluding ortho intramolecular Hbond substituents is 2. The fraction of sp³-hybridized carbons (Fsp3) is 0.467. The van der Waals surface area contributed by atoms with Gasteiger partial charge in [-0.2, -0.15) is 0 Å². The maximum Gasteiger partial charge on any atom is 0.303 e. The van der Waals surface area contributed by atoms with Gasteiger partial charge in [0.05, 0.1) is 0 Å². The van der Waals surface area contributed by atoms with Gasteiger partial charge in [0.25, 0.3) is 5.91 Å². The first kappa shape index (κ1) is 16.8. The van der Waals surface area contributed by atoms with Crippen molar-refractivity contribution in [3.05, 3.63) is 23.8 Å². The molecule has 0 aromatic heterocycles. The molecule has 0 saturated carbocycles. The number of carboxylic acids is 1. The molecule has 0 unspecified atom stereocenters. The van der Waals surface area contributed by atoms with Crippen molar-refractivity contribution in [3.63, 3.8) is 0 Å². The average molecular weight is 295 g/mol. The second kappa shape index (κ2) is 7.52. The van der Waals surface area contributed by atoms with Crippen LogP contribution in [0.4, 0.5) is 0 Å². The Balaban J connectivity index is 2.63. The molecule has 0 spiro atoms. The van der Waals surface area contributed by atoms with E-state index in [-0.39, 0.29) is 35.9 Å². The molecule has 1 aromatic carbocycles. The quantitative estimate of drug-likeness (QED) is 0.575. The largest absolute Gasteiger partial charge is 0.504 e. The summed E-state index contributed by atoms with van der Waals surface area (Å²) in [6.45, 7) is 4.24. The lowest BCUT2D eigenvalue weighted by molar-refractivity contribution is -0.138. The Bertz CT molecular complexity index is 513. The van der Waals surface area contributed by atoms with Crippen LogP contribution in [0.2, 0.25) is 0 Å². The number of phenols is 2. The van der Waals surface area contributed by atoms with Crippen LogP contribution in [0.15, 0.2) is 18.2 Å². The first-order chi connectivity index (χ1) is 9.79. The number of carbonyl (C=O) groups excluding carboxylic acids is 1. The molecule has 1 atom stereocenters. The van der Waals surface area contributed by atoms with Crippen molar-refractivity contribution in [1.29, 1.82) is 0 Å². The number of amides is 1. The van der Waals surface area contributed by atoms with Gasteiger partial charge < -0.3 is 20.6 Å². The minimum Gasteiger partial charge on any atom is -0.504 e. The third-order valence-corrected chi connectivity index (χ3v) is 3.06. The number of nitrogens with one attached hydrogen (secondary N) is 1. The van der Waals surface area contributed by atoms with Crippen molar-refractivity contribution in [2.24, 2.45) is 11.8 Å². The van der Waals surface area contributed by atoms with Crippen molar-refractivity contribution < 1.29 is 24.9 Å². The summed E-state index contributed by atoms with van der Waals surface area (Å²) in [7, 11) is 0. The Morgan fingerprint density at radius 3 is 2.38 bits per heavy atom. The van der Waals surface area contributed by atoms with Crippen LogP contribution in [0, 0.1) is 11.8 Å². The minimum atomic E-state index is -0.892. The van der Waals surface area contributed by atoms with Crippen LogP contribution in [0.25, 0.3) is 0 Å². The predicted octanol–water partition coefficient (Wildman–Crippen LogP) is 1.96. The standard InChI is InChI=1S/C15H21NO5/c1-9(2)5-10(6-14(19)20)8-16-15(21)11-3-4-12(17)13(18)7-11/h3-4,7,9-10,17-18H,5-6,8H2,1-2H3,(H,16,21)(H,19,20)/t10-/m0/s1. The van der Waals surface area contributed by atoms with Crippen molar-refractivity contribution in [2.75, 3.05) is 6.54 Å². The Morgan fingerprint density at radius 1 is 1.19 bits per heavy atom. The molecule has 1 rings (SSSR count). The van der Waals surface area contributed by atoms with E-state index in [0.29, 0.717) is 12.3 Å². The number of carboxylic acid groups (broad SMARTS) is 1. The van der Waals surface area contributed by atoms with E-state index in [4.69, 9.17) is 5.11 Å². The van der Waals surface area contributed by atoms with Gasteiger partial charge in [-0.15, -0.1) is 0 Å². The predicted molar refractivity (Wildman–Crippen MR) is 77.3 cm³/mol. The number of rotatable bonds is 7. The number of hydrogen-bond acceptors (Lipinski definition) is 4. The van der Waals surface area contributed by atoms with Crippen LogP contribution in [-0.4, -0.2) is 33.7 Å². The zero-order valence-electron chi connectivity index (χ0n) is 12.2. The lowest BCUT2D eigenvalue weighted by atomic mass is 9.94. The van der Waals surface area contributed by atoms with E-state index < -0.39 is 11.9 Å². The van der Waals surface area contributed by atoms with Crippen LogP contribution < -0.4 is 5.32 Å². The third kappa shape index (κ3) is 5.72. The highest BCUT2D eigenvalue weighted by molar-refractivity contribution is 5.94. The highest BCUT2D eigenvalue weighted by Crippen LogP contribution is 2.24. The van der Waals surface area contributed by atoms with E-state index in [0.717, 1.165) is 0 Å². The van der Waals surface area contributed by atoms with Crippen LogP contribution in [-0.2, 0) is 4.79 Å². The molecule has 0 fully saturated rings. The number of benzene rings is 1. The molecule has 116 valence electrons. The van der Waals surface area contributed by atoms with Gasteiger partial charge in [-0.05, 0) is 36.5 Å². The van der Waals surface area contributed by atoms with E-state index in [1.807, 2.05) is 13.8 Å². The van der Waals surface area contributed by atoms with Gasteiger partial charge in [0.2, 0.25) is 0 Å². The summed E-state index contributed by atoms with van der Waals surface area (Å²) < 4.78 is 0. The van der Waals surface area contributed by atoms with Crippen LogP contribution in [0.5, 0.6) is 11.5 Å². The van der Waals surface area contributed by atoms with Crippen molar-refractivity contribution in [1.82, 2.24) is 5.32 Å². The summed E-state index contributed by atoms with van der Waals surface area (Å²) in [4.78, 5) is 22.7. The molecular weight excluding hydrogens is 274 g/mol. The van der Waals surface area contributed by atoms with Crippen LogP contribution in [0.3, 0.4) is 0 Å². The van der Waals surface area contributed by atoms with Crippen LogP contribution >= 0.6 is 0 Å². The SMILES string of the molecule is CC(C)C[C@H](CNC(=O)c1ccc(O)c(O)c1)CC(=O)O. The molecule has 1 aromatic rings. The maximum absolute atomic E-state index is 11.9. The maximum atomic E-state index is 11.9. The molecule has 4 N–H and O–H groups in total. The smallest absolute Gasteiger partial charge is 0.303 e. The average Bonchev–Trinajstić information content (AvgIpc) is 2.37.